The molecule has 162 valence electrons. The maximum atomic E-state index is 12.8. The molecule has 1 aromatic carbocycles. The van der Waals surface area contributed by atoms with Crippen molar-refractivity contribution in [2.45, 2.75) is 26.9 Å². The van der Waals surface area contributed by atoms with Gasteiger partial charge in [-0.25, -0.2) is 4.68 Å². The molecule has 3 rings (SSSR count). The molecule has 2 amide bonds. The van der Waals surface area contributed by atoms with Gasteiger partial charge < -0.3 is 14.5 Å². The summed E-state index contributed by atoms with van der Waals surface area (Å²) in [5.74, 6) is 0.703. The number of rotatable bonds is 8. The number of piperazine rings is 1. The summed E-state index contributed by atoms with van der Waals surface area (Å²) in [5.41, 5.74) is 1.42. The van der Waals surface area contributed by atoms with Crippen LogP contribution in [0.2, 0.25) is 0 Å². The van der Waals surface area contributed by atoms with Gasteiger partial charge in [-0.2, -0.15) is 0 Å². The molecule has 0 radical (unpaired) electrons. The van der Waals surface area contributed by atoms with Gasteiger partial charge in [0.15, 0.2) is 5.69 Å². The van der Waals surface area contributed by atoms with E-state index in [9.17, 15) is 9.59 Å². The first-order chi connectivity index (χ1) is 14.5. The van der Waals surface area contributed by atoms with Crippen LogP contribution in [0, 0.1) is 0 Å². The second kappa shape index (κ2) is 10.2. The van der Waals surface area contributed by atoms with Crippen molar-refractivity contribution in [3.8, 4) is 5.75 Å². The van der Waals surface area contributed by atoms with Crippen molar-refractivity contribution in [2.24, 2.45) is 0 Å². The van der Waals surface area contributed by atoms with E-state index in [1.807, 2.05) is 32.0 Å². The van der Waals surface area contributed by atoms with E-state index in [0.717, 1.165) is 30.9 Å². The van der Waals surface area contributed by atoms with Crippen LogP contribution in [0.3, 0.4) is 0 Å². The highest BCUT2D eigenvalue weighted by Crippen LogP contribution is 2.20. The quantitative estimate of drug-likeness (QED) is 0.644. The topological polar surface area (TPSA) is 83.8 Å². The van der Waals surface area contributed by atoms with Gasteiger partial charge in [0, 0.05) is 51.4 Å². The second-order valence-electron chi connectivity index (χ2n) is 7.25. The molecule has 1 aromatic heterocycles. The average Bonchev–Trinajstić information content (AvgIpc) is 3.23. The summed E-state index contributed by atoms with van der Waals surface area (Å²) in [6, 6.07) is 7.99. The van der Waals surface area contributed by atoms with Crippen molar-refractivity contribution in [3.63, 3.8) is 0 Å². The molecular weight excluding hydrogens is 384 g/mol. The van der Waals surface area contributed by atoms with Crippen LogP contribution in [0.15, 0.2) is 30.5 Å². The number of carbonyl (C=O) groups is 2. The Morgan fingerprint density at radius 3 is 2.47 bits per heavy atom. The van der Waals surface area contributed by atoms with Crippen LogP contribution in [0.5, 0.6) is 5.75 Å². The van der Waals surface area contributed by atoms with Crippen LogP contribution >= 0.6 is 0 Å². The molecule has 1 aliphatic heterocycles. The molecule has 0 spiro atoms. The van der Waals surface area contributed by atoms with Gasteiger partial charge in [0.25, 0.3) is 5.91 Å². The smallest absolute Gasteiger partial charge is 0.276 e. The molecule has 0 bridgehead atoms. The average molecular weight is 415 g/mol. The Balaban J connectivity index is 1.53. The first kappa shape index (κ1) is 21.8. The fraction of sp³-hybridized carbons (Fsp3) is 0.524. The first-order valence-corrected chi connectivity index (χ1v) is 10.4. The number of carbonyl (C=O) groups excluding carboxylic acids is 2. The minimum atomic E-state index is -0.145. The third-order valence-corrected chi connectivity index (χ3v) is 5.42. The van der Waals surface area contributed by atoms with Crippen molar-refractivity contribution >= 4 is 11.8 Å². The number of para-hydroxylation sites is 1. The number of benzene rings is 1. The van der Waals surface area contributed by atoms with Gasteiger partial charge in [-0.3, -0.25) is 14.5 Å². The lowest BCUT2D eigenvalue weighted by Crippen LogP contribution is -2.48. The fourth-order valence-electron chi connectivity index (χ4n) is 3.63. The van der Waals surface area contributed by atoms with E-state index in [0.29, 0.717) is 26.2 Å². The molecular formula is C21H30N6O3. The Labute approximate surface area is 177 Å². The first-order valence-electron chi connectivity index (χ1n) is 10.4. The molecule has 1 aliphatic rings. The zero-order chi connectivity index (χ0) is 21.5. The molecule has 9 heteroatoms. The monoisotopic (exact) mass is 414 g/mol. The van der Waals surface area contributed by atoms with E-state index in [2.05, 4.69) is 21.3 Å². The van der Waals surface area contributed by atoms with Gasteiger partial charge in [0.2, 0.25) is 5.91 Å². The van der Waals surface area contributed by atoms with Gasteiger partial charge >= 0.3 is 0 Å². The summed E-state index contributed by atoms with van der Waals surface area (Å²) in [6.07, 6.45) is 1.56. The van der Waals surface area contributed by atoms with Crippen molar-refractivity contribution in [3.05, 3.63) is 41.7 Å². The zero-order valence-electron chi connectivity index (χ0n) is 18.0. The predicted octanol–water partition coefficient (Wildman–Crippen LogP) is 1.11. The van der Waals surface area contributed by atoms with Crippen LogP contribution < -0.4 is 4.74 Å². The lowest BCUT2D eigenvalue weighted by molar-refractivity contribution is -0.131. The number of likely N-dealkylation sites (N-methyl/N-ethyl adjacent to an activating group) is 1. The van der Waals surface area contributed by atoms with Gasteiger partial charge in [-0.05, 0) is 19.9 Å². The molecule has 2 aromatic rings. The third kappa shape index (κ3) is 5.15. The van der Waals surface area contributed by atoms with Crippen LogP contribution in [-0.4, -0.2) is 87.9 Å². The third-order valence-electron chi connectivity index (χ3n) is 5.42. The highest BCUT2D eigenvalue weighted by Gasteiger charge is 2.25. The van der Waals surface area contributed by atoms with Crippen LogP contribution in [0.4, 0.5) is 0 Å². The van der Waals surface area contributed by atoms with Crippen molar-refractivity contribution in [1.29, 1.82) is 0 Å². The molecule has 9 nitrogen and oxygen atoms in total. The van der Waals surface area contributed by atoms with E-state index in [-0.39, 0.29) is 24.1 Å². The number of hydrogen-bond donors (Lipinski definition) is 0. The van der Waals surface area contributed by atoms with E-state index >= 15 is 0 Å². The van der Waals surface area contributed by atoms with Crippen LogP contribution in [0.25, 0.3) is 0 Å². The number of nitrogens with zero attached hydrogens (tertiary/aromatic N) is 6. The van der Waals surface area contributed by atoms with Crippen molar-refractivity contribution in [2.75, 3.05) is 46.4 Å². The number of hydrogen-bond acceptors (Lipinski definition) is 6. The summed E-state index contributed by atoms with van der Waals surface area (Å²) in [6.45, 7) is 8.85. The molecule has 0 N–H and O–H groups in total. The Kier molecular flexibility index (Phi) is 7.40. The molecule has 0 aliphatic carbocycles. The lowest BCUT2D eigenvalue weighted by Gasteiger charge is -2.34. The highest BCUT2D eigenvalue weighted by molar-refractivity contribution is 5.92. The Morgan fingerprint density at radius 2 is 1.80 bits per heavy atom. The number of aromatic nitrogens is 3. The summed E-state index contributed by atoms with van der Waals surface area (Å²) < 4.78 is 6.86. The van der Waals surface area contributed by atoms with Crippen LogP contribution in [0.1, 0.15) is 29.9 Å². The molecule has 2 heterocycles. The summed E-state index contributed by atoms with van der Waals surface area (Å²) in [5, 5.41) is 7.95. The van der Waals surface area contributed by atoms with E-state index in [1.165, 1.54) is 4.68 Å². The molecule has 0 atom stereocenters. The Hall–Kier alpha value is -2.94. The normalized spacial score (nSPS) is 14.6. The van der Waals surface area contributed by atoms with E-state index in [1.54, 1.807) is 23.1 Å². The minimum absolute atomic E-state index is 0.0335. The maximum Gasteiger partial charge on any atom is 0.276 e. The van der Waals surface area contributed by atoms with Gasteiger partial charge in [-0.1, -0.05) is 23.4 Å². The predicted molar refractivity (Wildman–Crippen MR) is 112 cm³/mol. The summed E-state index contributed by atoms with van der Waals surface area (Å²) in [4.78, 5) is 30.8. The van der Waals surface area contributed by atoms with Crippen LogP contribution in [-0.2, 0) is 17.9 Å². The van der Waals surface area contributed by atoms with Gasteiger partial charge in [0.1, 0.15) is 12.3 Å². The standard InChI is InChI=1S/C21H30N6O3/c1-4-25(5-2)20(28)16-27-15-18(22-23-27)21(29)26-12-10-24(11-13-26)14-17-8-6-7-9-19(17)30-3/h6-9,15H,4-5,10-14,16H2,1-3H3. The molecule has 0 saturated carbocycles. The second-order valence-corrected chi connectivity index (χ2v) is 7.25. The fourth-order valence-corrected chi connectivity index (χ4v) is 3.63. The number of ether oxygens (including phenoxy) is 1. The van der Waals surface area contributed by atoms with Gasteiger partial charge in [0.05, 0.1) is 13.3 Å². The van der Waals surface area contributed by atoms with Crippen molar-refractivity contribution in [1.82, 2.24) is 29.7 Å². The molecule has 30 heavy (non-hydrogen) atoms. The number of amides is 2. The molecule has 1 fully saturated rings. The number of methoxy groups -OCH3 is 1. The Morgan fingerprint density at radius 1 is 1.10 bits per heavy atom. The molecule has 0 unspecified atom stereocenters. The lowest BCUT2D eigenvalue weighted by atomic mass is 10.1. The zero-order valence-corrected chi connectivity index (χ0v) is 18.0. The van der Waals surface area contributed by atoms with E-state index < -0.39 is 0 Å². The van der Waals surface area contributed by atoms with Crippen molar-refractivity contribution < 1.29 is 14.3 Å². The Bertz CT molecular complexity index is 856. The summed E-state index contributed by atoms with van der Waals surface area (Å²) in [7, 11) is 1.68. The molecule has 1 saturated heterocycles. The highest BCUT2D eigenvalue weighted by atomic mass is 16.5. The van der Waals surface area contributed by atoms with E-state index in [4.69, 9.17) is 4.74 Å². The maximum absolute atomic E-state index is 12.8. The minimum Gasteiger partial charge on any atom is -0.496 e. The SMILES string of the molecule is CCN(CC)C(=O)Cn1cc(C(=O)N2CCN(Cc3ccccc3OC)CC2)nn1. The van der Waals surface area contributed by atoms with Gasteiger partial charge in [-0.15, -0.1) is 5.10 Å². The summed E-state index contributed by atoms with van der Waals surface area (Å²) >= 11 is 0. The largest absolute Gasteiger partial charge is 0.496 e.